The number of nitrogens with two attached hydrogens (primary N) is 1. The van der Waals surface area contributed by atoms with Gasteiger partial charge in [0, 0.05) is 26.9 Å². The molecule has 2 aromatic rings. The second-order valence-corrected chi connectivity index (χ2v) is 8.21. The van der Waals surface area contributed by atoms with Crippen LogP contribution in [0, 0.1) is 0 Å². The van der Waals surface area contributed by atoms with Crippen LogP contribution in [-0.2, 0) is 40.2 Å². The Morgan fingerprint density at radius 1 is 1.18 bits per heavy atom. The largest absolute Gasteiger partial charge is 0.459 e. The lowest BCUT2D eigenvalue weighted by atomic mass is 10.1. The molecule has 0 fully saturated rings. The summed E-state index contributed by atoms with van der Waals surface area (Å²) >= 11 is 0.895. The number of ether oxygens (including phenoxy) is 3. The van der Waals surface area contributed by atoms with Gasteiger partial charge < -0.3 is 24.8 Å². The average Bonchev–Trinajstić information content (AvgIpc) is 3.06. The van der Waals surface area contributed by atoms with E-state index in [0.717, 1.165) is 11.3 Å². The predicted octanol–water partition coefficient (Wildman–Crippen LogP) is 0.851. The lowest BCUT2D eigenvalue weighted by Gasteiger charge is -2.30. The molecular weight excluding hydrogens is 470 g/mol. The smallest absolute Gasteiger partial charge is 0.327 e. The zero-order valence-corrected chi connectivity index (χ0v) is 20.5. The third-order valence-corrected chi connectivity index (χ3v) is 5.54. The van der Waals surface area contributed by atoms with E-state index in [2.05, 4.69) is 9.97 Å². The number of hydroxylamine groups is 2. The van der Waals surface area contributed by atoms with Crippen LogP contribution < -0.4 is 10.6 Å². The van der Waals surface area contributed by atoms with E-state index in [9.17, 15) is 19.2 Å². The van der Waals surface area contributed by atoms with Crippen molar-refractivity contribution in [1.29, 1.82) is 0 Å². The van der Waals surface area contributed by atoms with Crippen LogP contribution in [0.2, 0.25) is 0 Å². The number of esters is 2. The van der Waals surface area contributed by atoms with E-state index in [1.807, 2.05) is 13.8 Å². The third-order valence-electron chi connectivity index (χ3n) is 4.63. The van der Waals surface area contributed by atoms with Gasteiger partial charge in [-0.1, -0.05) is 11.3 Å². The lowest BCUT2D eigenvalue weighted by molar-refractivity contribution is -0.200. The van der Waals surface area contributed by atoms with Crippen molar-refractivity contribution in [3.63, 3.8) is 0 Å². The SMILES string of the molecule is CCN(CC)OC(=O)CC(OCn1c(=O)sc2cnc(N)nc21)C(OC(C)=O)[C@H](C)OC(C)=O. The summed E-state index contributed by atoms with van der Waals surface area (Å²) in [5, 5.41) is 1.44. The van der Waals surface area contributed by atoms with E-state index in [4.69, 9.17) is 24.8 Å². The Morgan fingerprint density at radius 2 is 1.82 bits per heavy atom. The van der Waals surface area contributed by atoms with Gasteiger partial charge >= 0.3 is 22.8 Å². The number of fused-ring (bicyclic) bond motifs is 1. The number of nitrogens with zero attached hydrogens (tertiary/aromatic N) is 4. The summed E-state index contributed by atoms with van der Waals surface area (Å²) in [6.45, 7) is 8.09. The van der Waals surface area contributed by atoms with Crippen LogP contribution >= 0.6 is 11.3 Å². The molecule has 14 heteroatoms. The number of aromatic nitrogens is 3. The van der Waals surface area contributed by atoms with Crippen LogP contribution in [0.15, 0.2) is 11.0 Å². The van der Waals surface area contributed by atoms with Gasteiger partial charge in [-0.05, 0) is 20.8 Å². The van der Waals surface area contributed by atoms with Crippen LogP contribution in [-0.4, -0.2) is 68.9 Å². The molecular formula is C20H29N5O8S. The summed E-state index contributed by atoms with van der Waals surface area (Å²) in [6.07, 6.45) is -2.17. The van der Waals surface area contributed by atoms with E-state index in [1.54, 1.807) is 0 Å². The van der Waals surface area contributed by atoms with Gasteiger partial charge in [-0.2, -0.15) is 4.98 Å². The van der Waals surface area contributed by atoms with Crippen molar-refractivity contribution >= 4 is 45.5 Å². The standard InChI is InChI=1S/C20H29N5O8S/c1-6-24(7-2)33-16(28)8-14(17(32-13(5)27)11(3)31-12(4)26)30-10-25-18-15(34-20(25)29)9-22-19(21)23-18/h9,11,14,17H,6-8,10H2,1-5H3,(H2,21,22,23)/t11-,14?,17?/m0/s1. The number of nitrogen functional groups attached to an aromatic ring is 1. The third kappa shape index (κ3) is 7.46. The highest BCUT2D eigenvalue weighted by atomic mass is 32.1. The molecule has 0 amide bonds. The molecule has 0 aliphatic heterocycles. The van der Waals surface area contributed by atoms with Crippen molar-refractivity contribution < 1.29 is 33.4 Å². The number of hydrogen-bond donors (Lipinski definition) is 1. The molecule has 2 N–H and O–H groups in total. The number of rotatable bonds is 12. The highest BCUT2D eigenvalue weighted by molar-refractivity contribution is 7.16. The van der Waals surface area contributed by atoms with Gasteiger partial charge in [-0.15, -0.1) is 5.06 Å². The zero-order valence-electron chi connectivity index (χ0n) is 19.7. The van der Waals surface area contributed by atoms with Gasteiger partial charge in [-0.25, -0.2) is 4.98 Å². The summed E-state index contributed by atoms with van der Waals surface area (Å²) in [7, 11) is 0. The summed E-state index contributed by atoms with van der Waals surface area (Å²) < 4.78 is 18.1. The Bertz CT molecular complexity index is 1070. The second-order valence-electron chi connectivity index (χ2n) is 7.22. The van der Waals surface area contributed by atoms with E-state index < -0.39 is 41.1 Å². The van der Waals surface area contributed by atoms with E-state index in [1.165, 1.54) is 36.6 Å². The molecule has 0 aromatic carbocycles. The maximum atomic E-state index is 12.6. The normalized spacial score (nSPS) is 13.9. The van der Waals surface area contributed by atoms with Crippen molar-refractivity contribution in [1.82, 2.24) is 19.6 Å². The first-order valence-corrected chi connectivity index (χ1v) is 11.4. The molecule has 188 valence electrons. The Labute approximate surface area is 199 Å². The van der Waals surface area contributed by atoms with Crippen LogP contribution in [0.25, 0.3) is 10.3 Å². The Morgan fingerprint density at radius 3 is 2.41 bits per heavy atom. The van der Waals surface area contributed by atoms with Crippen LogP contribution in [0.3, 0.4) is 0 Å². The summed E-state index contributed by atoms with van der Waals surface area (Å²) in [6, 6.07) is 0. The molecule has 0 saturated heterocycles. The zero-order chi connectivity index (χ0) is 25.4. The quantitative estimate of drug-likeness (QED) is 0.324. The monoisotopic (exact) mass is 499 g/mol. The Hall–Kier alpha value is -3.10. The Kier molecular flexibility index (Phi) is 9.89. The average molecular weight is 500 g/mol. The molecule has 0 aliphatic rings. The summed E-state index contributed by atoms with van der Waals surface area (Å²) in [5.41, 5.74) is 5.89. The van der Waals surface area contributed by atoms with Crippen LogP contribution in [0.1, 0.15) is 41.0 Å². The highest BCUT2D eigenvalue weighted by Gasteiger charge is 2.35. The predicted molar refractivity (Wildman–Crippen MR) is 121 cm³/mol. The number of anilines is 1. The molecule has 0 radical (unpaired) electrons. The maximum Gasteiger partial charge on any atom is 0.327 e. The van der Waals surface area contributed by atoms with Gasteiger partial charge in [-0.3, -0.25) is 23.7 Å². The van der Waals surface area contributed by atoms with Crippen LogP contribution in [0.4, 0.5) is 5.95 Å². The molecule has 0 bridgehead atoms. The first kappa shape index (κ1) is 27.1. The molecule has 3 atom stereocenters. The molecule has 2 heterocycles. The fourth-order valence-electron chi connectivity index (χ4n) is 3.12. The van der Waals surface area contributed by atoms with Gasteiger partial charge in [0.15, 0.2) is 11.8 Å². The summed E-state index contributed by atoms with van der Waals surface area (Å²) in [5.74, 6) is -1.97. The summed E-state index contributed by atoms with van der Waals surface area (Å²) in [4.78, 5) is 61.2. The molecule has 0 saturated carbocycles. The van der Waals surface area contributed by atoms with Gasteiger partial charge in [0.1, 0.15) is 18.9 Å². The van der Waals surface area contributed by atoms with Crippen molar-refractivity contribution in [2.45, 2.75) is 66.1 Å². The van der Waals surface area contributed by atoms with E-state index in [-0.39, 0.29) is 24.7 Å². The van der Waals surface area contributed by atoms with Crippen molar-refractivity contribution in [2.75, 3.05) is 18.8 Å². The first-order chi connectivity index (χ1) is 16.0. The van der Waals surface area contributed by atoms with Gasteiger partial charge in [0.2, 0.25) is 5.95 Å². The number of hydrogen-bond acceptors (Lipinski definition) is 13. The molecule has 2 rings (SSSR count). The van der Waals surface area contributed by atoms with Crippen molar-refractivity contribution in [2.24, 2.45) is 0 Å². The number of thiazole rings is 1. The molecule has 0 aliphatic carbocycles. The fourth-order valence-corrected chi connectivity index (χ4v) is 3.91. The number of carbonyl (C=O) groups excluding carboxylic acids is 3. The molecule has 0 spiro atoms. The molecule has 2 aromatic heterocycles. The molecule has 34 heavy (non-hydrogen) atoms. The maximum absolute atomic E-state index is 12.6. The minimum Gasteiger partial charge on any atom is -0.459 e. The topological polar surface area (TPSA) is 165 Å². The van der Waals surface area contributed by atoms with Crippen LogP contribution in [0.5, 0.6) is 0 Å². The minimum atomic E-state index is -1.16. The first-order valence-electron chi connectivity index (χ1n) is 10.6. The van der Waals surface area contributed by atoms with Gasteiger partial charge in [0.25, 0.3) is 0 Å². The van der Waals surface area contributed by atoms with Crippen molar-refractivity contribution in [3.05, 3.63) is 15.9 Å². The second kappa shape index (κ2) is 12.4. The van der Waals surface area contributed by atoms with E-state index in [0.29, 0.717) is 17.8 Å². The van der Waals surface area contributed by atoms with E-state index >= 15 is 0 Å². The molecule has 2 unspecified atom stereocenters. The lowest BCUT2D eigenvalue weighted by Crippen LogP contribution is -2.45. The Balaban J connectivity index is 2.34. The van der Waals surface area contributed by atoms with Gasteiger partial charge in [0.05, 0.1) is 17.3 Å². The highest BCUT2D eigenvalue weighted by Crippen LogP contribution is 2.20. The van der Waals surface area contributed by atoms with Crippen molar-refractivity contribution in [3.8, 4) is 0 Å². The fraction of sp³-hybridized carbons (Fsp3) is 0.600. The minimum absolute atomic E-state index is 0.0281. The molecule has 13 nitrogen and oxygen atoms in total. The number of carbonyl (C=O) groups is 3.